The molecule has 24 heavy (non-hydrogen) atoms. The molecule has 2 aromatic rings. The maximum Gasteiger partial charge on any atom is 0.336 e. The molecule has 2 rings (SSSR count). The van der Waals surface area contributed by atoms with Gasteiger partial charge in [0.1, 0.15) is 11.5 Å². The Hall–Kier alpha value is -2.46. The molecule has 5 heteroatoms. The quantitative estimate of drug-likeness (QED) is 0.605. The van der Waals surface area contributed by atoms with Gasteiger partial charge in [-0.05, 0) is 55.3 Å². The molecule has 0 spiro atoms. The van der Waals surface area contributed by atoms with E-state index in [1.165, 1.54) is 7.11 Å². The van der Waals surface area contributed by atoms with E-state index in [9.17, 15) is 9.90 Å². The lowest BCUT2D eigenvalue weighted by molar-refractivity contribution is -0.130. The molecule has 126 valence electrons. The third kappa shape index (κ3) is 4.52. The summed E-state index contributed by atoms with van der Waals surface area (Å²) in [4.78, 5) is 11.6. The van der Waals surface area contributed by atoms with Gasteiger partial charge in [0.25, 0.3) is 0 Å². The third-order valence-corrected chi connectivity index (χ3v) is 3.54. The summed E-state index contributed by atoms with van der Waals surface area (Å²) in [5.74, 6) is 0.141. The lowest BCUT2D eigenvalue weighted by Gasteiger charge is -2.12. The number of carbonyl (C=O) groups is 1. The van der Waals surface area contributed by atoms with E-state index in [1.54, 1.807) is 48.5 Å². The second kappa shape index (κ2) is 7.88. The Labute approximate surface area is 146 Å². The van der Waals surface area contributed by atoms with Crippen molar-refractivity contribution >= 4 is 29.2 Å². The third-order valence-electron chi connectivity index (χ3n) is 3.24. The fraction of sp³-hybridized carbons (Fsp3) is 0.211. The summed E-state index contributed by atoms with van der Waals surface area (Å²) >= 11 is 6.21. The van der Waals surface area contributed by atoms with Crippen LogP contribution in [0, 0.1) is 0 Å². The number of hydrogen-bond acceptors (Lipinski definition) is 3. The maximum absolute atomic E-state index is 11.6. The van der Waals surface area contributed by atoms with Gasteiger partial charge in [-0.15, -0.1) is 0 Å². The van der Waals surface area contributed by atoms with Crippen molar-refractivity contribution in [3.05, 3.63) is 58.6 Å². The van der Waals surface area contributed by atoms with Crippen LogP contribution >= 0.6 is 11.6 Å². The van der Waals surface area contributed by atoms with Gasteiger partial charge in [0.05, 0.1) is 23.8 Å². The molecule has 0 fully saturated rings. The average Bonchev–Trinajstić information content (AvgIpc) is 2.54. The molecule has 0 aliphatic rings. The molecule has 0 aliphatic heterocycles. The first kappa shape index (κ1) is 17.9. The molecule has 0 aromatic heterocycles. The number of aliphatic carboxylic acids is 1. The van der Waals surface area contributed by atoms with Crippen molar-refractivity contribution in [2.75, 3.05) is 7.11 Å². The fourth-order valence-electron chi connectivity index (χ4n) is 2.18. The van der Waals surface area contributed by atoms with Gasteiger partial charge in [0.2, 0.25) is 0 Å². The van der Waals surface area contributed by atoms with Crippen LogP contribution in [0.15, 0.2) is 42.5 Å². The van der Waals surface area contributed by atoms with Gasteiger partial charge in [-0.1, -0.05) is 29.8 Å². The minimum atomic E-state index is -1.03. The van der Waals surface area contributed by atoms with Crippen molar-refractivity contribution in [3.8, 4) is 11.5 Å². The van der Waals surface area contributed by atoms with Gasteiger partial charge in [-0.3, -0.25) is 0 Å². The van der Waals surface area contributed by atoms with E-state index in [2.05, 4.69) is 0 Å². The molecule has 0 aliphatic carbocycles. The van der Waals surface area contributed by atoms with E-state index < -0.39 is 5.97 Å². The van der Waals surface area contributed by atoms with Crippen LogP contribution in [0.3, 0.4) is 0 Å². The zero-order valence-corrected chi connectivity index (χ0v) is 14.5. The SMILES string of the molecule is COc1cccc(/C(=C/c2ccc(OC(C)C)c(Cl)c2)C(=O)O)c1. The van der Waals surface area contributed by atoms with Gasteiger partial charge < -0.3 is 14.6 Å². The van der Waals surface area contributed by atoms with Crippen molar-refractivity contribution in [2.45, 2.75) is 20.0 Å². The largest absolute Gasteiger partial charge is 0.497 e. The zero-order valence-electron chi connectivity index (χ0n) is 13.7. The molecule has 0 atom stereocenters. The normalized spacial score (nSPS) is 11.5. The predicted molar refractivity (Wildman–Crippen MR) is 95.7 cm³/mol. The van der Waals surface area contributed by atoms with E-state index in [4.69, 9.17) is 21.1 Å². The van der Waals surface area contributed by atoms with Crippen LogP contribution < -0.4 is 9.47 Å². The summed E-state index contributed by atoms with van der Waals surface area (Å²) in [6.45, 7) is 3.82. The van der Waals surface area contributed by atoms with Gasteiger partial charge in [-0.25, -0.2) is 4.79 Å². The van der Waals surface area contributed by atoms with E-state index in [0.29, 0.717) is 27.6 Å². The lowest BCUT2D eigenvalue weighted by atomic mass is 10.0. The van der Waals surface area contributed by atoms with E-state index >= 15 is 0 Å². The highest BCUT2D eigenvalue weighted by Gasteiger charge is 2.12. The van der Waals surface area contributed by atoms with Crippen molar-refractivity contribution < 1.29 is 19.4 Å². The van der Waals surface area contributed by atoms with Crippen LogP contribution in [0.1, 0.15) is 25.0 Å². The smallest absolute Gasteiger partial charge is 0.336 e. The number of benzene rings is 2. The number of carboxylic acid groups (broad SMARTS) is 1. The fourth-order valence-corrected chi connectivity index (χ4v) is 2.42. The Morgan fingerprint density at radius 2 is 1.96 bits per heavy atom. The highest BCUT2D eigenvalue weighted by atomic mass is 35.5. The zero-order chi connectivity index (χ0) is 17.7. The number of halogens is 1. The molecule has 0 saturated heterocycles. The second-order valence-corrected chi connectivity index (χ2v) is 5.86. The molecule has 0 heterocycles. The summed E-state index contributed by atoms with van der Waals surface area (Å²) in [5, 5.41) is 9.97. The Balaban J connectivity index is 2.41. The van der Waals surface area contributed by atoms with Gasteiger partial charge in [-0.2, -0.15) is 0 Å². The number of ether oxygens (including phenoxy) is 2. The minimum Gasteiger partial charge on any atom is -0.497 e. The first-order valence-electron chi connectivity index (χ1n) is 7.46. The highest BCUT2D eigenvalue weighted by molar-refractivity contribution is 6.32. The average molecular weight is 347 g/mol. The van der Waals surface area contributed by atoms with Crippen LogP contribution in [-0.4, -0.2) is 24.3 Å². The van der Waals surface area contributed by atoms with Crippen molar-refractivity contribution in [2.24, 2.45) is 0 Å². The topological polar surface area (TPSA) is 55.8 Å². The monoisotopic (exact) mass is 346 g/mol. The Bertz CT molecular complexity index is 766. The molecule has 0 bridgehead atoms. The van der Waals surface area contributed by atoms with Gasteiger partial charge in [0, 0.05) is 0 Å². The van der Waals surface area contributed by atoms with Gasteiger partial charge in [0.15, 0.2) is 0 Å². The van der Waals surface area contributed by atoms with Gasteiger partial charge >= 0.3 is 5.97 Å². The molecular formula is C19H19ClO4. The number of carboxylic acids is 1. The van der Waals surface area contributed by atoms with Crippen molar-refractivity contribution in [1.29, 1.82) is 0 Å². The Morgan fingerprint density at radius 1 is 1.21 bits per heavy atom. The van der Waals surface area contributed by atoms with Crippen LogP contribution in [0.4, 0.5) is 0 Å². The first-order chi connectivity index (χ1) is 11.4. The Kier molecular flexibility index (Phi) is 5.88. The summed E-state index contributed by atoms with van der Waals surface area (Å²) in [6, 6.07) is 12.1. The molecule has 1 N–H and O–H groups in total. The molecule has 0 amide bonds. The molecule has 0 unspecified atom stereocenters. The molecule has 0 saturated carbocycles. The van der Waals surface area contributed by atoms with Crippen LogP contribution in [0.5, 0.6) is 11.5 Å². The summed E-state index contributed by atoms with van der Waals surface area (Å²) < 4.78 is 10.7. The number of methoxy groups -OCH3 is 1. The Morgan fingerprint density at radius 3 is 2.54 bits per heavy atom. The summed E-state index contributed by atoms with van der Waals surface area (Å²) in [5.41, 5.74) is 1.39. The second-order valence-electron chi connectivity index (χ2n) is 5.45. The predicted octanol–water partition coefficient (Wildman–Crippen LogP) is 4.76. The van der Waals surface area contributed by atoms with E-state index in [-0.39, 0.29) is 11.7 Å². The summed E-state index contributed by atoms with van der Waals surface area (Å²) in [6.07, 6.45) is 1.58. The van der Waals surface area contributed by atoms with Crippen LogP contribution in [0.25, 0.3) is 11.6 Å². The minimum absolute atomic E-state index is 0.00950. The number of rotatable bonds is 6. The lowest BCUT2D eigenvalue weighted by Crippen LogP contribution is -2.05. The van der Waals surface area contributed by atoms with E-state index in [0.717, 1.165) is 0 Å². The van der Waals surface area contributed by atoms with Crippen LogP contribution in [-0.2, 0) is 4.79 Å². The molecule has 0 radical (unpaired) electrons. The van der Waals surface area contributed by atoms with E-state index in [1.807, 2.05) is 13.8 Å². The molecule has 4 nitrogen and oxygen atoms in total. The summed E-state index contributed by atoms with van der Waals surface area (Å²) in [7, 11) is 1.54. The standard InChI is InChI=1S/C19H19ClO4/c1-12(2)24-18-8-7-13(10-17(18)20)9-16(19(21)22)14-5-4-6-15(11-14)23-3/h4-12H,1-3H3,(H,21,22)/b16-9-. The maximum atomic E-state index is 11.6. The highest BCUT2D eigenvalue weighted by Crippen LogP contribution is 2.29. The first-order valence-corrected chi connectivity index (χ1v) is 7.84. The van der Waals surface area contributed by atoms with Crippen LogP contribution in [0.2, 0.25) is 5.02 Å². The van der Waals surface area contributed by atoms with Crippen molar-refractivity contribution in [1.82, 2.24) is 0 Å². The molecule has 2 aromatic carbocycles. The number of hydrogen-bond donors (Lipinski definition) is 1. The van der Waals surface area contributed by atoms with Crippen molar-refractivity contribution in [3.63, 3.8) is 0 Å². The molecular weight excluding hydrogens is 328 g/mol.